The van der Waals surface area contributed by atoms with Crippen LogP contribution in [0.5, 0.6) is 0 Å². The minimum Gasteiger partial charge on any atom is -0.463 e. The van der Waals surface area contributed by atoms with Gasteiger partial charge in [0.05, 0.1) is 11.5 Å². The molecule has 1 fully saturated rings. The van der Waals surface area contributed by atoms with Crippen LogP contribution in [0.25, 0.3) is 0 Å². The van der Waals surface area contributed by atoms with Crippen molar-refractivity contribution in [2.24, 2.45) is 5.92 Å². The first-order chi connectivity index (χ1) is 12.7. The van der Waals surface area contributed by atoms with E-state index in [1.807, 2.05) is 0 Å². The zero-order chi connectivity index (χ0) is 20.4. The Hall–Kier alpha value is -3.17. The van der Waals surface area contributed by atoms with Gasteiger partial charge in [0.25, 0.3) is 11.4 Å². The molecule has 0 bridgehead atoms. The number of likely N-dealkylation sites (tertiary alicyclic amines) is 1. The Morgan fingerprint density at radius 3 is 2.33 bits per heavy atom. The van der Waals surface area contributed by atoms with Gasteiger partial charge >= 0.3 is 5.97 Å². The van der Waals surface area contributed by atoms with Crippen molar-refractivity contribution in [3.8, 4) is 0 Å². The quantitative estimate of drug-likeness (QED) is 0.175. The first-order valence-electron chi connectivity index (χ1n) is 8.18. The zero-order valence-electron chi connectivity index (χ0n) is 14.6. The standard InChI is InChI=1S/C17H17FN2O7/c1-3-19-13(21)9-12(15(19)23)17(18,16(24)27-4-2)14(22)10-5-7-11(8-6-10)20(25)26/h5-8,12H,3-4,9H2,1-2H3/t12-,17-/m1/s1. The van der Waals surface area contributed by atoms with Crippen LogP contribution in [0, 0.1) is 16.0 Å². The molecule has 1 heterocycles. The second-order valence-corrected chi connectivity index (χ2v) is 5.80. The van der Waals surface area contributed by atoms with E-state index >= 15 is 4.39 Å². The molecule has 0 radical (unpaired) electrons. The third kappa shape index (κ3) is 3.42. The van der Waals surface area contributed by atoms with Crippen LogP contribution in [0.4, 0.5) is 10.1 Å². The lowest BCUT2D eigenvalue weighted by Crippen LogP contribution is -2.52. The van der Waals surface area contributed by atoms with Crippen molar-refractivity contribution < 1.29 is 33.2 Å². The number of nitrogens with zero attached hydrogens (tertiary/aromatic N) is 2. The number of halogens is 1. The number of alkyl halides is 1. The van der Waals surface area contributed by atoms with Crippen LogP contribution in [0.1, 0.15) is 30.6 Å². The fraction of sp³-hybridized carbons (Fsp3) is 0.412. The SMILES string of the molecule is CCOC(=O)[C@](F)(C(=O)c1ccc([N+](=O)[O-])cc1)[C@@H]1CC(=O)N(CC)C1=O. The highest BCUT2D eigenvalue weighted by atomic mass is 19.1. The molecular formula is C17H17FN2O7. The molecule has 27 heavy (non-hydrogen) atoms. The molecule has 10 heteroatoms. The van der Waals surface area contributed by atoms with Crippen molar-refractivity contribution in [2.45, 2.75) is 25.9 Å². The maximum Gasteiger partial charge on any atom is 0.353 e. The van der Waals surface area contributed by atoms with Crippen LogP contribution >= 0.6 is 0 Å². The van der Waals surface area contributed by atoms with Crippen molar-refractivity contribution in [3.63, 3.8) is 0 Å². The topological polar surface area (TPSA) is 124 Å². The number of rotatable bonds is 7. The largest absolute Gasteiger partial charge is 0.463 e. The molecule has 1 aliphatic rings. The molecular weight excluding hydrogens is 363 g/mol. The number of imide groups is 1. The molecule has 1 aromatic carbocycles. The summed E-state index contributed by atoms with van der Waals surface area (Å²) in [5.74, 6) is -6.49. The Morgan fingerprint density at radius 1 is 1.30 bits per heavy atom. The molecule has 2 amide bonds. The lowest BCUT2D eigenvalue weighted by molar-refractivity contribution is -0.384. The minimum atomic E-state index is -3.41. The zero-order valence-corrected chi connectivity index (χ0v) is 14.6. The fourth-order valence-corrected chi connectivity index (χ4v) is 2.90. The van der Waals surface area contributed by atoms with Crippen LogP contribution < -0.4 is 0 Å². The molecule has 0 spiro atoms. The van der Waals surface area contributed by atoms with Gasteiger partial charge in [0.1, 0.15) is 5.92 Å². The van der Waals surface area contributed by atoms with Crippen LogP contribution in [-0.4, -0.2) is 52.2 Å². The van der Waals surface area contributed by atoms with E-state index < -0.39 is 46.5 Å². The smallest absolute Gasteiger partial charge is 0.353 e. The number of benzene rings is 1. The minimum absolute atomic E-state index is 0.0290. The summed E-state index contributed by atoms with van der Waals surface area (Å²) in [5, 5.41) is 10.7. The van der Waals surface area contributed by atoms with E-state index in [0.717, 1.165) is 29.2 Å². The molecule has 2 atom stereocenters. The van der Waals surface area contributed by atoms with Crippen molar-refractivity contribution in [1.82, 2.24) is 4.90 Å². The Morgan fingerprint density at radius 2 is 1.89 bits per heavy atom. The highest BCUT2D eigenvalue weighted by molar-refractivity contribution is 6.20. The lowest BCUT2D eigenvalue weighted by atomic mass is 9.81. The number of amides is 2. The Balaban J connectivity index is 2.49. The van der Waals surface area contributed by atoms with Gasteiger partial charge in [-0.25, -0.2) is 9.18 Å². The number of hydrogen-bond acceptors (Lipinski definition) is 7. The summed E-state index contributed by atoms with van der Waals surface area (Å²) < 4.78 is 20.4. The van der Waals surface area contributed by atoms with Gasteiger partial charge in [-0.2, -0.15) is 0 Å². The second kappa shape index (κ2) is 7.60. The molecule has 0 aromatic heterocycles. The number of carbonyl (C=O) groups is 4. The molecule has 144 valence electrons. The number of non-ortho nitro benzene ring substituents is 1. The molecule has 2 rings (SSSR count). The van der Waals surface area contributed by atoms with Gasteiger partial charge in [0.15, 0.2) is 0 Å². The van der Waals surface area contributed by atoms with Crippen molar-refractivity contribution >= 4 is 29.3 Å². The summed E-state index contributed by atoms with van der Waals surface area (Å²) in [5.41, 5.74) is -4.11. The van der Waals surface area contributed by atoms with Crippen LogP contribution in [0.3, 0.4) is 0 Å². The number of esters is 1. The molecule has 1 aromatic rings. The lowest BCUT2D eigenvalue weighted by Gasteiger charge is -2.26. The average Bonchev–Trinajstić information content (AvgIpc) is 2.94. The van der Waals surface area contributed by atoms with Crippen molar-refractivity contribution in [3.05, 3.63) is 39.9 Å². The number of nitro benzene ring substituents is 1. The van der Waals surface area contributed by atoms with Gasteiger partial charge in [-0.15, -0.1) is 0 Å². The van der Waals surface area contributed by atoms with Gasteiger partial charge in [-0.05, 0) is 26.0 Å². The van der Waals surface area contributed by atoms with Gasteiger partial charge in [-0.3, -0.25) is 29.4 Å². The monoisotopic (exact) mass is 380 g/mol. The van der Waals surface area contributed by atoms with Gasteiger partial charge in [0.2, 0.25) is 17.6 Å². The number of hydrogen-bond donors (Lipinski definition) is 0. The summed E-state index contributed by atoms with van der Waals surface area (Å²) in [4.78, 5) is 60.2. The van der Waals surface area contributed by atoms with Crippen LogP contribution in [0.2, 0.25) is 0 Å². The summed E-state index contributed by atoms with van der Waals surface area (Å²) in [6.45, 7) is 2.62. The number of ether oxygens (including phenoxy) is 1. The van der Waals surface area contributed by atoms with E-state index in [9.17, 15) is 29.3 Å². The number of carbonyl (C=O) groups excluding carboxylic acids is 4. The van der Waals surface area contributed by atoms with Crippen LogP contribution in [-0.2, 0) is 19.1 Å². The second-order valence-electron chi connectivity index (χ2n) is 5.80. The predicted octanol–water partition coefficient (Wildman–Crippen LogP) is 1.44. The highest BCUT2D eigenvalue weighted by Gasteiger charge is 2.61. The van der Waals surface area contributed by atoms with E-state index in [4.69, 9.17) is 0 Å². The number of ketones is 1. The van der Waals surface area contributed by atoms with Crippen LogP contribution in [0.15, 0.2) is 24.3 Å². The molecule has 1 aliphatic heterocycles. The van der Waals surface area contributed by atoms with Crippen molar-refractivity contribution in [1.29, 1.82) is 0 Å². The molecule has 9 nitrogen and oxygen atoms in total. The van der Waals surface area contributed by atoms with E-state index in [2.05, 4.69) is 4.74 Å². The Bertz CT molecular complexity index is 808. The Labute approximate surface area is 153 Å². The number of Topliss-reactive ketones (excluding diaryl/α,β-unsaturated/α-hetero) is 1. The first kappa shape index (κ1) is 20.1. The summed E-state index contributed by atoms with van der Waals surface area (Å²) in [6, 6.07) is 3.90. The normalized spacial score (nSPS) is 18.9. The van der Waals surface area contributed by atoms with Gasteiger partial charge in [0, 0.05) is 30.7 Å². The molecule has 0 saturated carbocycles. The van der Waals surface area contributed by atoms with Gasteiger partial charge < -0.3 is 4.74 Å². The molecule has 1 saturated heterocycles. The van der Waals surface area contributed by atoms with E-state index in [1.54, 1.807) is 0 Å². The summed E-state index contributed by atoms with van der Waals surface area (Å²) >= 11 is 0. The molecule has 0 N–H and O–H groups in total. The third-order valence-electron chi connectivity index (χ3n) is 4.28. The summed E-state index contributed by atoms with van der Waals surface area (Å²) in [6.07, 6.45) is -0.652. The predicted molar refractivity (Wildman–Crippen MR) is 88.4 cm³/mol. The van der Waals surface area contributed by atoms with Gasteiger partial charge in [-0.1, -0.05) is 0 Å². The maximum atomic E-state index is 15.8. The molecule has 0 unspecified atom stereocenters. The third-order valence-corrected chi connectivity index (χ3v) is 4.28. The van der Waals surface area contributed by atoms with E-state index in [1.165, 1.54) is 13.8 Å². The van der Waals surface area contributed by atoms with E-state index in [-0.39, 0.29) is 24.4 Å². The van der Waals surface area contributed by atoms with Crippen molar-refractivity contribution in [2.75, 3.05) is 13.2 Å². The number of nitro groups is 1. The summed E-state index contributed by atoms with van der Waals surface area (Å²) in [7, 11) is 0. The van der Waals surface area contributed by atoms with E-state index in [0.29, 0.717) is 0 Å². The maximum absolute atomic E-state index is 15.8. The first-order valence-corrected chi connectivity index (χ1v) is 8.18. The molecule has 0 aliphatic carbocycles. The highest BCUT2D eigenvalue weighted by Crippen LogP contribution is 2.37. The fourth-order valence-electron chi connectivity index (χ4n) is 2.90. The Kier molecular flexibility index (Phi) is 5.67. The average molecular weight is 380 g/mol.